The molecular formula is C16H29BS. The highest BCUT2D eigenvalue weighted by atomic mass is 32.2. The van der Waals surface area contributed by atoms with Crippen molar-refractivity contribution < 1.29 is 0 Å². The summed E-state index contributed by atoms with van der Waals surface area (Å²) in [5.41, 5.74) is 1.83. The Morgan fingerprint density at radius 3 is 2.33 bits per heavy atom. The summed E-state index contributed by atoms with van der Waals surface area (Å²) in [5.74, 6) is 3.34. The van der Waals surface area contributed by atoms with Crippen LogP contribution in [0.3, 0.4) is 0 Å². The van der Waals surface area contributed by atoms with Gasteiger partial charge in [0.05, 0.1) is 0 Å². The standard InChI is InChI=1S/C16H29BS/c1-10(2)15-13-7-5-6-12(17)8-9-14(13)18-16(15)11(3)4/h10-14H,5-9,17H2,1-4H3. The maximum atomic E-state index is 2.44. The third-order valence-corrected chi connectivity index (χ3v) is 6.54. The van der Waals surface area contributed by atoms with Gasteiger partial charge in [-0.25, -0.2) is 0 Å². The zero-order valence-electron chi connectivity index (χ0n) is 12.8. The molecule has 1 aliphatic heterocycles. The Bertz CT molecular complexity index is 319. The van der Waals surface area contributed by atoms with Gasteiger partial charge in [0.25, 0.3) is 0 Å². The van der Waals surface area contributed by atoms with Crippen molar-refractivity contribution in [2.24, 2.45) is 17.8 Å². The van der Waals surface area contributed by atoms with E-state index in [-0.39, 0.29) is 0 Å². The van der Waals surface area contributed by atoms with E-state index in [2.05, 4.69) is 47.3 Å². The summed E-state index contributed by atoms with van der Waals surface area (Å²) in [7, 11) is 2.44. The van der Waals surface area contributed by atoms with Crippen LogP contribution in [0.4, 0.5) is 0 Å². The van der Waals surface area contributed by atoms with Crippen molar-refractivity contribution in [3.63, 3.8) is 0 Å². The molecule has 2 rings (SSSR count). The Morgan fingerprint density at radius 1 is 1.00 bits per heavy atom. The molecule has 1 fully saturated rings. The van der Waals surface area contributed by atoms with Crippen molar-refractivity contribution in [1.29, 1.82) is 0 Å². The van der Waals surface area contributed by atoms with Gasteiger partial charge in [0.15, 0.2) is 0 Å². The van der Waals surface area contributed by atoms with Gasteiger partial charge in [0.2, 0.25) is 0 Å². The van der Waals surface area contributed by atoms with Gasteiger partial charge in [-0.3, -0.25) is 0 Å². The fraction of sp³-hybridized carbons (Fsp3) is 0.875. The summed E-state index contributed by atoms with van der Waals surface area (Å²) >= 11 is 2.24. The third-order valence-electron chi connectivity index (χ3n) is 4.71. The van der Waals surface area contributed by atoms with Crippen molar-refractivity contribution in [3.05, 3.63) is 10.5 Å². The van der Waals surface area contributed by atoms with Crippen LogP contribution >= 0.6 is 11.8 Å². The van der Waals surface area contributed by atoms with Gasteiger partial charge >= 0.3 is 0 Å². The van der Waals surface area contributed by atoms with E-state index >= 15 is 0 Å². The van der Waals surface area contributed by atoms with Gasteiger partial charge in [-0.1, -0.05) is 58.3 Å². The monoisotopic (exact) mass is 264 g/mol. The maximum absolute atomic E-state index is 2.44. The first-order valence-electron chi connectivity index (χ1n) is 7.91. The lowest BCUT2D eigenvalue weighted by Crippen LogP contribution is -2.20. The lowest BCUT2D eigenvalue weighted by molar-refractivity contribution is 0.413. The molecule has 102 valence electrons. The normalized spacial score (nSPS) is 33.8. The molecule has 1 aliphatic carbocycles. The molecule has 3 atom stereocenters. The van der Waals surface area contributed by atoms with E-state index in [1.165, 1.54) is 32.1 Å². The number of rotatable bonds is 2. The number of hydrogen-bond acceptors (Lipinski definition) is 1. The minimum Gasteiger partial charge on any atom is -0.126 e. The smallest absolute Gasteiger partial charge is 0.105 e. The Labute approximate surface area is 119 Å². The molecule has 0 aromatic rings. The second-order valence-corrected chi connectivity index (χ2v) is 8.29. The SMILES string of the molecule is BC1CCCC2C(C(C)C)=C(C(C)C)SC2CC1. The topological polar surface area (TPSA) is 0 Å². The minimum absolute atomic E-state index is 0.734. The van der Waals surface area contributed by atoms with Crippen molar-refractivity contribution >= 4 is 19.6 Å². The number of allylic oxidation sites excluding steroid dienone is 2. The molecule has 0 nitrogen and oxygen atoms in total. The van der Waals surface area contributed by atoms with Gasteiger partial charge in [-0.05, 0) is 35.5 Å². The molecule has 2 aliphatic rings. The van der Waals surface area contributed by atoms with E-state index in [4.69, 9.17) is 0 Å². The highest BCUT2D eigenvalue weighted by Gasteiger charge is 2.37. The van der Waals surface area contributed by atoms with Crippen molar-refractivity contribution in [2.45, 2.75) is 70.9 Å². The molecule has 1 heterocycles. The molecule has 0 aromatic carbocycles. The molecule has 0 N–H and O–H groups in total. The predicted molar refractivity (Wildman–Crippen MR) is 87.0 cm³/mol. The molecule has 0 amide bonds. The lowest BCUT2D eigenvalue weighted by atomic mass is 9.73. The zero-order chi connectivity index (χ0) is 13.3. The van der Waals surface area contributed by atoms with Gasteiger partial charge in [-0.2, -0.15) is 0 Å². The molecule has 0 aromatic heterocycles. The summed E-state index contributed by atoms with van der Waals surface area (Å²) in [6.07, 6.45) is 7.25. The fourth-order valence-corrected chi connectivity index (χ4v) is 5.58. The molecule has 2 heteroatoms. The Morgan fingerprint density at radius 2 is 1.72 bits per heavy atom. The second kappa shape index (κ2) is 6.07. The van der Waals surface area contributed by atoms with E-state index in [0.29, 0.717) is 0 Å². The summed E-state index contributed by atoms with van der Waals surface area (Å²) in [4.78, 5) is 1.74. The minimum atomic E-state index is 0.734. The van der Waals surface area contributed by atoms with Crippen LogP contribution in [0.5, 0.6) is 0 Å². The quantitative estimate of drug-likeness (QED) is 0.653. The van der Waals surface area contributed by atoms with Crippen LogP contribution in [-0.2, 0) is 0 Å². The number of thioether (sulfide) groups is 1. The van der Waals surface area contributed by atoms with Crippen LogP contribution in [0.25, 0.3) is 0 Å². The average Bonchev–Trinajstić information content (AvgIpc) is 2.62. The number of fused-ring (bicyclic) bond motifs is 1. The second-order valence-electron chi connectivity index (χ2n) is 7.01. The summed E-state index contributed by atoms with van der Waals surface area (Å²) in [6.45, 7) is 9.57. The van der Waals surface area contributed by atoms with Crippen molar-refractivity contribution in [3.8, 4) is 0 Å². The highest BCUT2D eigenvalue weighted by molar-refractivity contribution is 8.04. The van der Waals surface area contributed by atoms with E-state index in [9.17, 15) is 0 Å². The van der Waals surface area contributed by atoms with E-state index in [1.54, 1.807) is 4.91 Å². The third kappa shape index (κ3) is 3.00. The average molecular weight is 264 g/mol. The van der Waals surface area contributed by atoms with Crippen LogP contribution < -0.4 is 0 Å². The van der Waals surface area contributed by atoms with E-state index in [0.717, 1.165) is 28.8 Å². The molecule has 18 heavy (non-hydrogen) atoms. The largest absolute Gasteiger partial charge is 0.126 e. The van der Waals surface area contributed by atoms with Crippen LogP contribution in [0.1, 0.15) is 59.8 Å². The van der Waals surface area contributed by atoms with Crippen LogP contribution in [0, 0.1) is 17.8 Å². The van der Waals surface area contributed by atoms with Crippen LogP contribution in [0.15, 0.2) is 10.5 Å². The molecule has 0 saturated heterocycles. The fourth-order valence-electron chi connectivity index (χ4n) is 3.76. The summed E-state index contributed by atoms with van der Waals surface area (Å²) in [5, 5.41) is 0.905. The molecule has 1 saturated carbocycles. The van der Waals surface area contributed by atoms with Gasteiger partial charge < -0.3 is 0 Å². The first-order valence-corrected chi connectivity index (χ1v) is 8.79. The first-order chi connectivity index (χ1) is 8.50. The Kier molecular flexibility index (Phi) is 4.91. The maximum Gasteiger partial charge on any atom is 0.105 e. The molecule has 3 unspecified atom stereocenters. The highest BCUT2D eigenvalue weighted by Crippen LogP contribution is 2.52. The van der Waals surface area contributed by atoms with Crippen molar-refractivity contribution in [1.82, 2.24) is 0 Å². The van der Waals surface area contributed by atoms with Gasteiger partial charge in [0, 0.05) is 5.25 Å². The van der Waals surface area contributed by atoms with Gasteiger partial charge in [0.1, 0.15) is 7.85 Å². The zero-order valence-corrected chi connectivity index (χ0v) is 13.6. The number of hydrogen-bond donors (Lipinski definition) is 0. The van der Waals surface area contributed by atoms with Gasteiger partial charge in [-0.15, -0.1) is 11.8 Å². The molecule has 0 spiro atoms. The Hall–Kier alpha value is 0.155. The van der Waals surface area contributed by atoms with E-state index < -0.39 is 0 Å². The summed E-state index contributed by atoms with van der Waals surface area (Å²) in [6, 6.07) is 0. The van der Waals surface area contributed by atoms with E-state index in [1.807, 2.05) is 5.57 Å². The Balaban J connectivity index is 2.20. The molecule has 0 radical (unpaired) electrons. The summed E-state index contributed by atoms with van der Waals surface area (Å²) < 4.78 is 0. The predicted octanol–water partition coefficient (Wildman–Crippen LogP) is 4.67. The van der Waals surface area contributed by atoms with Crippen LogP contribution in [0.2, 0.25) is 5.82 Å². The van der Waals surface area contributed by atoms with Crippen molar-refractivity contribution in [2.75, 3.05) is 0 Å². The lowest BCUT2D eigenvalue weighted by Gasteiger charge is -2.28. The molecular weight excluding hydrogens is 235 g/mol. The first kappa shape index (κ1) is 14.6. The molecule has 0 bridgehead atoms. The van der Waals surface area contributed by atoms with Crippen LogP contribution in [-0.4, -0.2) is 13.1 Å².